The monoisotopic (exact) mass is 176 g/mol. The summed E-state index contributed by atoms with van der Waals surface area (Å²) in [6.07, 6.45) is 7.64. The minimum atomic E-state index is 0.252. The summed E-state index contributed by atoms with van der Waals surface area (Å²) in [5, 5.41) is 4.07. The van der Waals surface area contributed by atoms with Crippen LogP contribution < -0.4 is 5.43 Å². The molecule has 70 valence electrons. The largest absolute Gasteiger partial charge is 0.282 e. The first-order valence-corrected chi connectivity index (χ1v) is 4.79. The molecule has 0 saturated carbocycles. The average molecular weight is 176 g/mol. The Bertz CT molecular complexity index is 303. The van der Waals surface area contributed by atoms with E-state index in [1.807, 2.05) is 6.21 Å². The van der Waals surface area contributed by atoms with Crippen LogP contribution in [0.25, 0.3) is 0 Å². The van der Waals surface area contributed by atoms with Crippen molar-refractivity contribution in [1.29, 1.82) is 0 Å². The number of nitrogens with zero attached hydrogens (tertiary/aromatic N) is 1. The van der Waals surface area contributed by atoms with E-state index >= 15 is 0 Å². The van der Waals surface area contributed by atoms with Crippen LogP contribution in [0.15, 0.2) is 28.5 Å². The number of fused-ring (bicyclic) bond motifs is 1. The molecule has 2 nitrogen and oxygen atoms in total. The fraction of sp³-hybridized carbons (Fsp3) is 0.545. The Morgan fingerprint density at radius 1 is 1.46 bits per heavy atom. The summed E-state index contributed by atoms with van der Waals surface area (Å²) in [6, 6.07) is 0. The van der Waals surface area contributed by atoms with Crippen LogP contribution in [0.5, 0.6) is 0 Å². The van der Waals surface area contributed by atoms with Crippen LogP contribution in [-0.4, -0.2) is 6.21 Å². The fourth-order valence-corrected chi connectivity index (χ4v) is 1.70. The summed E-state index contributed by atoms with van der Waals surface area (Å²) in [5.41, 5.74) is 5.97. The Morgan fingerprint density at radius 2 is 2.23 bits per heavy atom. The van der Waals surface area contributed by atoms with Gasteiger partial charge in [0.15, 0.2) is 0 Å². The van der Waals surface area contributed by atoms with Gasteiger partial charge in [-0.2, -0.15) is 5.10 Å². The van der Waals surface area contributed by atoms with Gasteiger partial charge in [0.05, 0.1) is 0 Å². The van der Waals surface area contributed by atoms with Crippen LogP contribution in [0.2, 0.25) is 0 Å². The molecule has 1 aliphatic heterocycles. The van der Waals surface area contributed by atoms with Crippen molar-refractivity contribution in [2.24, 2.45) is 16.4 Å². The molecule has 1 atom stereocenters. The second kappa shape index (κ2) is 2.72. The third-order valence-electron chi connectivity index (χ3n) is 2.62. The van der Waals surface area contributed by atoms with Crippen molar-refractivity contribution in [1.82, 2.24) is 5.43 Å². The lowest BCUT2D eigenvalue weighted by molar-refractivity contribution is 0.507. The zero-order chi connectivity index (χ0) is 9.47. The zero-order valence-corrected chi connectivity index (χ0v) is 8.46. The maximum absolute atomic E-state index is 4.07. The predicted molar refractivity (Wildman–Crippen MR) is 55.4 cm³/mol. The van der Waals surface area contributed by atoms with Crippen LogP contribution >= 0.6 is 0 Å². The molecule has 0 spiro atoms. The summed E-state index contributed by atoms with van der Waals surface area (Å²) in [7, 11) is 0. The molecule has 0 aromatic carbocycles. The summed E-state index contributed by atoms with van der Waals surface area (Å²) in [6.45, 7) is 6.73. The molecule has 1 unspecified atom stereocenters. The van der Waals surface area contributed by atoms with E-state index in [4.69, 9.17) is 0 Å². The Hall–Kier alpha value is -1.05. The van der Waals surface area contributed by atoms with Crippen molar-refractivity contribution in [3.8, 4) is 0 Å². The predicted octanol–water partition coefficient (Wildman–Crippen LogP) is 2.45. The number of hydrazone groups is 1. The Balaban J connectivity index is 2.24. The average Bonchev–Trinajstić information content (AvgIpc) is 2.47. The van der Waals surface area contributed by atoms with E-state index in [1.54, 1.807) is 0 Å². The maximum atomic E-state index is 4.07. The van der Waals surface area contributed by atoms with Gasteiger partial charge in [-0.05, 0) is 23.5 Å². The molecule has 0 aromatic heterocycles. The molecule has 2 heteroatoms. The molecule has 1 aliphatic carbocycles. The third-order valence-corrected chi connectivity index (χ3v) is 2.62. The molecule has 0 amide bonds. The van der Waals surface area contributed by atoms with Gasteiger partial charge >= 0.3 is 0 Å². The minimum Gasteiger partial charge on any atom is -0.282 e. The molecule has 0 fully saturated rings. The van der Waals surface area contributed by atoms with Gasteiger partial charge in [0.2, 0.25) is 0 Å². The smallest absolute Gasteiger partial charge is 0.0426 e. The molecule has 2 aliphatic rings. The second-order valence-electron chi connectivity index (χ2n) is 4.74. The van der Waals surface area contributed by atoms with Crippen LogP contribution in [-0.2, 0) is 0 Å². The van der Waals surface area contributed by atoms with Crippen molar-refractivity contribution >= 4 is 6.21 Å². The zero-order valence-electron chi connectivity index (χ0n) is 8.46. The number of hydrogen-bond acceptors (Lipinski definition) is 2. The standard InChI is InChI=1S/C11H16N2/c1-11(2,3)9-5-4-8-7-12-13-10(8)6-9/h5-8,13H,4H2,1-3H3. The van der Waals surface area contributed by atoms with Gasteiger partial charge < -0.3 is 0 Å². The highest BCUT2D eigenvalue weighted by Gasteiger charge is 2.24. The van der Waals surface area contributed by atoms with Gasteiger partial charge in [0.25, 0.3) is 0 Å². The lowest BCUT2D eigenvalue weighted by Gasteiger charge is -2.25. The van der Waals surface area contributed by atoms with Gasteiger partial charge in [-0.1, -0.05) is 26.8 Å². The number of hydrogen-bond donors (Lipinski definition) is 1. The molecule has 0 bridgehead atoms. The molecule has 0 aromatic rings. The summed E-state index contributed by atoms with van der Waals surface area (Å²) in [4.78, 5) is 0. The van der Waals surface area contributed by atoms with Crippen LogP contribution in [0.4, 0.5) is 0 Å². The third kappa shape index (κ3) is 1.53. The fourth-order valence-electron chi connectivity index (χ4n) is 1.70. The molecule has 2 rings (SSSR count). The summed E-state index contributed by atoms with van der Waals surface area (Å²) in [5.74, 6) is 0.506. The maximum Gasteiger partial charge on any atom is 0.0426 e. The molecule has 0 saturated heterocycles. The van der Waals surface area contributed by atoms with Crippen molar-refractivity contribution in [2.45, 2.75) is 27.2 Å². The summed E-state index contributed by atoms with van der Waals surface area (Å²) >= 11 is 0. The number of rotatable bonds is 0. The van der Waals surface area contributed by atoms with E-state index in [2.05, 4.69) is 43.5 Å². The van der Waals surface area contributed by atoms with Gasteiger partial charge in [-0.25, -0.2) is 0 Å². The minimum absolute atomic E-state index is 0.252. The van der Waals surface area contributed by atoms with Gasteiger partial charge in [0, 0.05) is 17.8 Å². The van der Waals surface area contributed by atoms with Crippen molar-refractivity contribution in [3.63, 3.8) is 0 Å². The second-order valence-corrected chi connectivity index (χ2v) is 4.74. The van der Waals surface area contributed by atoms with E-state index in [0.29, 0.717) is 5.92 Å². The van der Waals surface area contributed by atoms with Gasteiger partial charge in [-0.3, -0.25) is 5.43 Å². The van der Waals surface area contributed by atoms with E-state index in [0.717, 1.165) is 6.42 Å². The Morgan fingerprint density at radius 3 is 2.92 bits per heavy atom. The van der Waals surface area contributed by atoms with Gasteiger partial charge in [-0.15, -0.1) is 0 Å². The SMILES string of the molecule is CC(C)(C)C1=CCC2C=NNC2=C1. The van der Waals surface area contributed by atoms with Crippen molar-refractivity contribution in [3.05, 3.63) is 23.4 Å². The van der Waals surface area contributed by atoms with Crippen molar-refractivity contribution in [2.75, 3.05) is 0 Å². The Kier molecular flexibility index (Phi) is 1.79. The lowest BCUT2D eigenvalue weighted by Crippen LogP contribution is -2.17. The summed E-state index contributed by atoms with van der Waals surface area (Å²) < 4.78 is 0. The van der Waals surface area contributed by atoms with E-state index < -0.39 is 0 Å². The van der Waals surface area contributed by atoms with E-state index in [9.17, 15) is 0 Å². The first-order valence-electron chi connectivity index (χ1n) is 4.79. The first kappa shape index (κ1) is 8.54. The quantitative estimate of drug-likeness (QED) is 0.602. The highest BCUT2D eigenvalue weighted by atomic mass is 15.3. The molecular formula is C11H16N2. The molecular weight excluding hydrogens is 160 g/mol. The normalized spacial score (nSPS) is 26.2. The van der Waals surface area contributed by atoms with Crippen LogP contribution in [0.1, 0.15) is 27.2 Å². The van der Waals surface area contributed by atoms with E-state index in [1.165, 1.54) is 11.3 Å². The molecule has 13 heavy (non-hydrogen) atoms. The number of allylic oxidation sites excluding steroid dienone is 4. The lowest BCUT2D eigenvalue weighted by atomic mass is 9.81. The van der Waals surface area contributed by atoms with Crippen LogP contribution in [0.3, 0.4) is 0 Å². The molecule has 0 radical (unpaired) electrons. The van der Waals surface area contributed by atoms with Gasteiger partial charge in [0.1, 0.15) is 0 Å². The Labute approximate surface area is 79.4 Å². The highest BCUT2D eigenvalue weighted by Crippen LogP contribution is 2.33. The molecule has 1 N–H and O–H groups in total. The topological polar surface area (TPSA) is 24.4 Å². The van der Waals surface area contributed by atoms with Crippen molar-refractivity contribution < 1.29 is 0 Å². The van der Waals surface area contributed by atoms with Crippen LogP contribution in [0, 0.1) is 11.3 Å². The first-order chi connectivity index (χ1) is 6.07. The molecule has 1 heterocycles. The number of nitrogens with one attached hydrogen (secondary N) is 1. The van der Waals surface area contributed by atoms with E-state index in [-0.39, 0.29) is 5.41 Å². The highest BCUT2D eigenvalue weighted by molar-refractivity contribution is 5.69.